The van der Waals surface area contributed by atoms with Gasteiger partial charge < -0.3 is 33.2 Å². The van der Waals surface area contributed by atoms with Crippen molar-refractivity contribution in [2.45, 2.75) is 6.42 Å². The molecule has 0 radical (unpaired) electrons. The minimum absolute atomic E-state index is 0.0516. The molecule has 0 fully saturated rings. The van der Waals surface area contributed by atoms with Crippen molar-refractivity contribution in [3.8, 4) is 34.1 Å². The summed E-state index contributed by atoms with van der Waals surface area (Å²) in [6, 6.07) is 8.91. The molecule has 2 aromatic carbocycles. The maximum absolute atomic E-state index is 11.3. The number of carbonyl (C=O) groups is 1. The molecule has 0 heterocycles. The standard InChI is InChI=1S/C20H24O7/c1-22-12-26-17-6-5-7-18(27-13-23-2)20(17)19-14(10-11-21)15(24-3)8-9-16(19)25-4/h5-9,11H,10,12-13H2,1-4H3. The van der Waals surface area contributed by atoms with Crippen molar-refractivity contribution in [2.75, 3.05) is 42.0 Å². The van der Waals surface area contributed by atoms with Crippen molar-refractivity contribution >= 4 is 6.29 Å². The fourth-order valence-electron chi connectivity index (χ4n) is 2.77. The van der Waals surface area contributed by atoms with Crippen LogP contribution in [0.3, 0.4) is 0 Å². The SMILES string of the molecule is COCOc1cccc(OCOC)c1-c1c(OC)ccc(OC)c1CC=O. The van der Waals surface area contributed by atoms with Crippen molar-refractivity contribution in [1.29, 1.82) is 0 Å². The molecule has 0 aliphatic rings. The number of rotatable bonds is 11. The van der Waals surface area contributed by atoms with Crippen molar-refractivity contribution < 1.29 is 33.2 Å². The van der Waals surface area contributed by atoms with Gasteiger partial charge in [0.1, 0.15) is 29.3 Å². The van der Waals surface area contributed by atoms with Crippen LogP contribution in [0.1, 0.15) is 5.56 Å². The topological polar surface area (TPSA) is 72.5 Å². The van der Waals surface area contributed by atoms with Gasteiger partial charge in [0.25, 0.3) is 0 Å². The molecule has 2 aromatic rings. The first-order chi connectivity index (χ1) is 13.2. The van der Waals surface area contributed by atoms with Gasteiger partial charge in [0.15, 0.2) is 13.6 Å². The first-order valence-corrected chi connectivity index (χ1v) is 8.26. The molecular formula is C20H24O7. The summed E-state index contributed by atoms with van der Waals surface area (Å²) in [5.41, 5.74) is 1.95. The molecule has 0 aliphatic heterocycles. The lowest BCUT2D eigenvalue weighted by molar-refractivity contribution is -0.107. The van der Waals surface area contributed by atoms with Gasteiger partial charge in [-0.2, -0.15) is 0 Å². The predicted octanol–water partition coefficient (Wildman–Crippen LogP) is 3.08. The molecule has 0 bridgehead atoms. The van der Waals surface area contributed by atoms with Crippen LogP contribution in [0.5, 0.6) is 23.0 Å². The summed E-state index contributed by atoms with van der Waals surface area (Å²) < 4.78 is 32.6. The highest BCUT2D eigenvalue weighted by molar-refractivity contribution is 5.86. The van der Waals surface area contributed by atoms with Crippen LogP contribution >= 0.6 is 0 Å². The number of hydrogen-bond acceptors (Lipinski definition) is 7. The Morgan fingerprint density at radius 1 is 0.741 bits per heavy atom. The number of aldehydes is 1. The lowest BCUT2D eigenvalue weighted by Crippen LogP contribution is -2.06. The summed E-state index contributed by atoms with van der Waals surface area (Å²) in [5, 5.41) is 0. The Morgan fingerprint density at radius 3 is 1.78 bits per heavy atom. The molecule has 0 saturated heterocycles. The zero-order valence-corrected chi connectivity index (χ0v) is 15.9. The third-order valence-electron chi connectivity index (χ3n) is 3.86. The number of hydrogen-bond donors (Lipinski definition) is 0. The Kier molecular flexibility index (Phi) is 7.91. The van der Waals surface area contributed by atoms with Crippen LogP contribution in [-0.4, -0.2) is 48.3 Å². The Labute approximate surface area is 158 Å². The molecule has 146 valence electrons. The van der Waals surface area contributed by atoms with Crippen molar-refractivity contribution in [3.05, 3.63) is 35.9 Å². The number of methoxy groups -OCH3 is 4. The molecule has 2 rings (SSSR count). The lowest BCUT2D eigenvalue weighted by atomic mass is 9.94. The average Bonchev–Trinajstić information content (AvgIpc) is 2.70. The van der Waals surface area contributed by atoms with Gasteiger partial charge >= 0.3 is 0 Å². The van der Waals surface area contributed by atoms with Gasteiger partial charge in [0, 0.05) is 31.8 Å². The van der Waals surface area contributed by atoms with E-state index < -0.39 is 0 Å². The van der Waals surface area contributed by atoms with Crippen LogP contribution in [0, 0.1) is 0 Å². The van der Waals surface area contributed by atoms with Crippen LogP contribution in [0.2, 0.25) is 0 Å². The molecule has 0 N–H and O–H groups in total. The zero-order valence-electron chi connectivity index (χ0n) is 15.9. The fraction of sp³-hybridized carbons (Fsp3) is 0.350. The number of ether oxygens (including phenoxy) is 6. The minimum atomic E-state index is 0.0516. The highest BCUT2D eigenvalue weighted by atomic mass is 16.7. The monoisotopic (exact) mass is 376 g/mol. The van der Waals surface area contributed by atoms with E-state index in [0.29, 0.717) is 39.7 Å². The molecule has 0 amide bonds. The second-order valence-electron chi connectivity index (χ2n) is 5.43. The molecule has 0 atom stereocenters. The number of carbonyl (C=O) groups excluding carboxylic acids is 1. The van der Waals surface area contributed by atoms with Crippen LogP contribution in [0.4, 0.5) is 0 Å². The van der Waals surface area contributed by atoms with E-state index in [-0.39, 0.29) is 20.0 Å². The fourth-order valence-corrected chi connectivity index (χ4v) is 2.77. The maximum atomic E-state index is 11.3. The zero-order chi connectivity index (χ0) is 19.6. The second-order valence-corrected chi connectivity index (χ2v) is 5.43. The molecule has 7 nitrogen and oxygen atoms in total. The number of benzene rings is 2. The van der Waals surface area contributed by atoms with Crippen molar-refractivity contribution in [1.82, 2.24) is 0 Å². The van der Waals surface area contributed by atoms with E-state index in [1.807, 2.05) is 0 Å². The van der Waals surface area contributed by atoms with Gasteiger partial charge in [0.2, 0.25) is 0 Å². The van der Waals surface area contributed by atoms with E-state index in [0.717, 1.165) is 6.29 Å². The van der Waals surface area contributed by atoms with E-state index in [9.17, 15) is 4.79 Å². The van der Waals surface area contributed by atoms with Crippen molar-refractivity contribution in [2.24, 2.45) is 0 Å². The normalized spacial score (nSPS) is 10.4. The third kappa shape index (κ3) is 4.69. The summed E-state index contributed by atoms with van der Waals surface area (Å²) in [5.74, 6) is 2.16. The van der Waals surface area contributed by atoms with E-state index in [1.54, 1.807) is 44.6 Å². The molecule has 27 heavy (non-hydrogen) atoms. The smallest absolute Gasteiger partial charge is 0.188 e. The Bertz CT molecular complexity index is 732. The van der Waals surface area contributed by atoms with Gasteiger partial charge in [-0.3, -0.25) is 0 Å². The molecular weight excluding hydrogens is 352 g/mol. The average molecular weight is 376 g/mol. The minimum Gasteiger partial charge on any atom is -0.496 e. The van der Waals surface area contributed by atoms with Gasteiger partial charge in [-0.1, -0.05) is 6.07 Å². The molecule has 0 aliphatic carbocycles. The predicted molar refractivity (Wildman–Crippen MR) is 99.8 cm³/mol. The van der Waals surface area contributed by atoms with Crippen LogP contribution in [-0.2, 0) is 20.7 Å². The van der Waals surface area contributed by atoms with E-state index in [4.69, 9.17) is 28.4 Å². The molecule has 7 heteroatoms. The Morgan fingerprint density at radius 2 is 1.30 bits per heavy atom. The maximum Gasteiger partial charge on any atom is 0.188 e. The largest absolute Gasteiger partial charge is 0.496 e. The highest BCUT2D eigenvalue weighted by Crippen LogP contribution is 2.47. The van der Waals surface area contributed by atoms with E-state index in [2.05, 4.69) is 0 Å². The first kappa shape index (κ1) is 20.5. The van der Waals surface area contributed by atoms with Crippen LogP contribution < -0.4 is 18.9 Å². The first-order valence-electron chi connectivity index (χ1n) is 8.26. The summed E-state index contributed by atoms with van der Waals surface area (Å²) in [6.07, 6.45) is 0.952. The van der Waals surface area contributed by atoms with Gasteiger partial charge in [-0.15, -0.1) is 0 Å². The summed E-state index contributed by atoms with van der Waals surface area (Å²) in [4.78, 5) is 11.3. The Balaban J connectivity index is 2.78. The summed E-state index contributed by atoms with van der Waals surface area (Å²) >= 11 is 0. The van der Waals surface area contributed by atoms with Gasteiger partial charge in [-0.25, -0.2) is 0 Å². The summed E-state index contributed by atoms with van der Waals surface area (Å²) in [7, 11) is 6.18. The van der Waals surface area contributed by atoms with Gasteiger partial charge in [0.05, 0.1) is 19.8 Å². The Hall–Kier alpha value is -2.77. The molecule has 0 saturated carbocycles. The van der Waals surface area contributed by atoms with Crippen molar-refractivity contribution in [3.63, 3.8) is 0 Å². The molecule has 0 aromatic heterocycles. The lowest BCUT2D eigenvalue weighted by Gasteiger charge is -2.21. The summed E-state index contributed by atoms with van der Waals surface area (Å²) in [6.45, 7) is 0.103. The quantitative estimate of drug-likeness (QED) is 0.441. The third-order valence-corrected chi connectivity index (χ3v) is 3.86. The highest BCUT2D eigenvalue weighted by Gasteiger charge is 2.23. The second kappa shape index (κ2) is 10.4. The molecule has 0 unspecified atom stereocenters. The van der Waals surface area contributed by atoms with E-state index >= 15 is 0 Å². The van der Waals surface area contributed by atoms with Gasteiger partial charge in [-0.05, 0) is 24.3 Å². The molecule has 0 spiro atoms. The van der Waals surface area contributed by atoms with Crippen LogP contribution in [0.15, 0.2) is 30.3 Å². The van der Waals surface area contributed by atoms with Crippen LogP contribution in [0.25, 0.3) is 11.1 Å². The van der Waals surface area contributed by atoms with E-state index in [1.165, 1.54) is 14.2 Å².